The summed E-state index contributed by atoms with van der Waals surface area (Å²) in [5.74, 6) is 0. The second-order valence-electron chi connectivity index (χ2n) is 4.62. The van der Waals surface area contributed by atoms with Crippen molar-refractivity contribution < 1.29 is 9.47 Å². The van der Waals surface area contributed by atoms with Crippen molar-refractivity contribution in [3.8, 4) is 0 Å². The van der Waals surface area contributed by atoms with Crippen LogP contribution in [0.25, 0.3) is 0 Å². The minimum atomic E-state index is 0.166. The molecule has 4 nitrogen and oxygen atoms in total. The Hall–Kier alpha value is -1.01. The average Bonchev–Trinajstić information content (AvgIpc) is 2.46. The second-order valence-corrected chi connectivity index (χ2v) is 5.14. The maximum atomic E-state index is 5.77. The van der Waals surface area contributed by atoms with Gasteiger partial charge >= 0.3 is 0 Å². The van der Waals surface area contributed by atoms with Gasteiger partial charge in [-0.15, -0.1) is 0 Å². The molecule has 2 N–H and O–H groups in total. The van der Waals surface area contributed by atoms with Crippen molar-refractivity contribution in [3.05, 3.63) is 35.9 Å². The van der Waals surface area contributed by atoms with Gasteiger partial charge in [0.2, 0.25) is 0 Å². The fourth-order valence-electron chi connectivity index (χ4n) is 2.16. The number of nitrogens with zero attached hydrogens (tertiary/aromatic N) is 1. The summed E-state index contributed by atoms with van der Waals surface area (Å²) >= 11 is 5.10. The van der Waals surface area contributed by atoms with Crippen molar-refractivity contribution in [1.29, 1.82) is 0 Å². The van der Waals surface area contributed by atoms with Crippen molar-refractivity contribution in [2.45, 2.75) is 12.5 Å². The van der Waals surface area contributed by atoms with Crippen molar-refractivity contribution in [2.24, 2.45) is 5.73 Å². The van der Waals surface area contributed by atoms with Crippen molar-refractivity contribution in [3.63, 3.8) is 0 Å². The quantitative estimate of drug-likeness (QED) is 0.669. The molecule has 0 bridgehead atoms. The average molecular weight is 296 g/mol. The summed E-state index contributed by atoms with van der Waals surface area (Å²) in [5.41, 5.74) is 6.98. The van der Waals surface area contributed by atoms with Gasteiger partial charge in [0.25, 0.3) is 0 Å². The standard InChI is InChI=1S/C15H24N2O2S/c1-18-10-8-17(9-11-19-2)14(12-15(16)20)13-6-4-3-5-7-13/h3-7,14H,8-12H2,1-2H3,(H2,16,20). The van der Waals surface area contributed by atoms with Gasteiger partial charge in [-0.25, -0.2) is 0 Å². The zero-order valence-corrected chi connectivity index (χ0v) is 13.1. The number of nitrogens with two attached hydrogens (primary N) is 1. The van der Waals surface area contributed by atoms with Crippen molar-refractivity contribution >= 4 is 17.2 Å². The summed E-state index contributed by atoms with van der Waals surface area (Å²) in [6.45, 7) is 2.98. The molecule has 0 saturated carbocycles. The number of hydrogen-bond donors (Lipinski definition) is 1. The Kier molecular flexibility index (Phi) is 8.37. The van der Waals surface area contributed by atoms with E-state index in [1.807, 2.05) is 18.2 Å². The van der Waals surface area contributed by atoms with E-state index in [4.69, 9.17) is 27.4 Å². The first-order chi connectivity index (χ1) is 9.69. The van der Waals surface area contributed by atoms with Crippen molar-refractivity contribution in [1.82, 2.24) is 4.90 Å². The highest BCUT2D eigenvalue weighted by atomic mass is 32.1. The molecule has 1 aromatic rings. The number of thiocarbonyl (C=S) groups is 1. The van der Waals surface area contributed by atoms with Gasteiger partial charge in [-0.2, -0.15) is 0 Å². The minimum Gasteiger partial charge on any atom is -0.393 e. The molecule has 0 spiro atoms. The number of hydrogen-bond acceptors (Lipinski definition) is 4. The molecule has 1 rings (SSSR count). The molecular formula is C15H24N2O2S. The van der Waals surface area contributed by atoms with Crippen LogP contribution < -0.4 is 5.73 Å². The molecule has 112 valence electrons. The lowest BCUT2D eigenvalue weighted by molar-refractivity contribution is 0.0888. The minimum absolute atomic E-state index is 0.166. The summed E-state index contributed by atoms with van der Waals surface area (Å²) in [5, 5.41) is 0. The van der Waals surface area contributed by atoms with Gasteiger partial charge in [-0.1, -0.05) is 42.5 Å². The van der Waals surface area contributed by atoms with Crippen LogP contribution in [-0.4, -0.2) is 50.4 Å². The third-order valence-corrected chi connectivity index (χ3v) is 3.35. The highest BCUT2D eigenvalue weighted by Crippen LogP contribution is 2.24. The summed E-state index contributed by atoms with van der Waals surface area (Å²) < 4.78 is 10.4. The molecule has 1 aromatic carbocycles. The molecule has 0 fully saturated rings. The monoisotopic (exact) mass is 296 g/mol. The van der Waals surface area contributed by atoms with Gasteiger partial charge < -0.3 is 15.2 Å². The summed E-state index contributed by atoms with van der Waals surface area (Å²) in [7, 11) is 3.42. The van der Waals surface area contributed by atoms with Crippen LogP contribution in [0.5, 0.6) is 0 Å². The van der Waals surface area contributed by atoms with Crippen LogP contribution in [0.3, 0.4) is 0 Å². The highest BCUT2D eigenvalue weighted by Gasteiger charge is 2.20. The van der Waals surface area contributed by atoms with Gasteiger partial charge in [-0.3, -0.25) is 4.90 Å². The molecule has 20 heavy (non-hydrogen) atoms. The van der Waals surface area contributed by atoms with E-state index in [1.54, 1.807) is 14.2 Å². The number of benzene rings is 1. The number of methoxy groups -OCH3 is 2. The normalized spacial score (nSPS) is 12.6. The molecular weight excluding hydrogens is 272 g/mol. The third-order valence-electron chi connectivity index (χ3n) is 3.18. The van der Waals surface area contributed by atoms with E-state index in [2.05, 4.69) is 17.0 Å². The van der Waals surface area contributed by atoms with E-state index >= 15 is 0 Å². The predicted molar refractivity (Wildman–Crippen MR) is 85.9 cm³/mol. The van der Waals surface area contributed by atoms with Crippen molar-refractivity contribution in [2.75, 3.05) is 40.5 Å². The SMILES string of the molecule is COCCN(CCOC)C(CC(N)=S)c1ccccc1. The van der Waals surface area contributed by atoms with E-state index < -0.39 is 0 Å². The van der Waals surface area contributed by atoms with Crippen LogP contribution >= 0.6 is 12.2 Å². The molecule has 0 heterocycles. The van der Waals surface area contributed by atoms with Crippen LogP contribution in [0.2, 0.25) is 0 Å². The molecule has 0 aliphatic carbocycles. The Morgan fingerprint density at radius 2 is 1.70 bits per heavy atom. The molecule has 0 aliphatic rings. The first-order valence-corrected chi connectivity index (χ1v) is 7.15. The third kappa shape index (κ3) is 5.96. The highest BCUT2D eigenvalue weighted by molar-refractivity contribution is 7.80. The molecule has 1 unspecified atom stereocenters. The zero-order chi connectivity index (χ0) is 14.8. The first-order valence-electron chi connectivity index (χ1n) is 6.74. The topological polar surface area (TPSA) is 47.7 Å². The van der Waals surface area contributed by atoms with E-state index in [0.717, 1.165) is 13.1 Å². The van der Waals surface area contributed by atoms with Gasteiger partial charge in [0.1, 0.15) is 0 Å². The van der Waals surface area contributed by atoms with Crippen LogP contribution in [0, 0.1) is 0 Å². The Morgan fingerprint density at radius 3 is 2.15 bits per heavy atom. The lowest BCUT2D eigenvalue weighted by atomic mass is 10.0. The molecule has 0 saturated heterocycles. The van der Waals surface area contributed by atoms with E-state index in [0.29, 0.717) is 24.6 Å². The molecule has 0 amide bonds. The Balaban J connectivity index is 2.87. The summed E-state index contributed by atoms with van der Waals surface area (Å²) in [4.78, 5) is 2.83. The largest absolute Gasteiger partial charge is 0.393 e. The second kappa shape index (κ2) is 9.83. The molecule has 5 heteroatoms. The van der Waals surface area contributed by atoms with Crippen LogP contribution in [0.4, 0.5) is 0 Å². The molecule has 0 aromatic heterocycles. The van der Waals surface area contributed by atoms with Crippen LogP contribution in [0.15, 0.2) is 30.3 Å². The van der Waals surface area contributed by atoms with Gasteiger partial charge in [0, 0.05) is 39.8 Å². The predicted octanol–water partition coefficient (Wildman–Crippen LogP) is 2.00. The summed E-state index contributed by atoms with van der Waals surface area (Å²) in [6, 6.07) is 10.5. The number of ether oxygens (including phenoxy) is 2. The maximum Gasteiger partial charge on any atom is 0.0746 e. The van der Waals surface area contributed by atoms with E-state index in [9.17, 15) is 0 Å². The van der Waals surface area contributed by atoms with Gasteiger partial charge in [0.05, 0.1) is 18.2 Å². The Labute approximate surface area is 126 Å². The Bertz CT molecular complexity index is 379. The maximum absolute atomic E-state index is 5.77. The van der Waals surface area contributed by atoms with Crippen LogP contribution in [0.1, 0.15) is 18.0 Å². The van der Waals surface area contributed by atoms with E-state index in [-0.39, 0.29) is 6.04 Å². The molecule has 1 atom stereocenters. The molecule has 0 aliphatic heterocycles. The molecule has 0 radical (unpaired) electrons. The zero-order valence-electron chi connectivity index (χ0n) is 12.2. The smallest absolute Gasteiger partial charge is 0.0746 e. The fourth-order valence-corrected chi connectivity index (χ4v) is 2.32. The van der Waals surface area contributed by atoms with E-state index in [1.165, 1.54) is 5.56 Å². The van der Waals surface area contributed by atoms with Gasteiger partial charge in [0.15, 0.2) is 0 Å². The van der Waals surface area contributed by atoms with Crippen LogP contribution in [-0.2, 0) is 9.47 Å². The number of rotatable bonds is 10. The van der Waals surface area contributed by atoms with Gasteiger partial charge in [-0.05, 0) is 5.56 Å². The Morgan fingerprint density at radius 1 is 1.15 bits per heavy atom. The first kappa shape index (κ1) is 17.0. The lowest BCUT2D eigenvalue weighted by Gasteiger charge is -2.31. The fraction of sp³-hybridized carbons (Fsp3) is 0.533. The lowest BCUT2D eigenvalue weighted by Crippen LogP contribution is -2.36. The summed E-state index contributed by atoms with van der Waals surface area (Å²) in [6.07, 6.45) is 0.659.